The van der Waals surface area contributed by atoms with Crippen LogP contribution in [0.4, 0.5) is 0 Å². The first-order chi connectivity index (χ1) is 12.6. The molecule has 134 valence electrons. The van der Waals surface area contributed by atoms with Crippen molar-refractivity contribution in [1.82, 2.24) is 29.9 Å². The quantitative estimate of drug-likeness (QED) is 0.773. The Balaban J connectivity index is 1.56. The number of rotatable bonds is 2. The van der Waals surface area contributed by atoms with E-state index in [1.54, 1.807) is 20.7 Å². The molecule has 0 spiro atoms. The standard InChI is InChI=1S/C17H18N6O3/c1-11-12(8-20-23(11)14-4-2-3-5-18-14)17(26)21-6-7-22-13(10-21)16(25)19-9-15(22)24/h2-5,8,13H,6-7,9-10H2,1H3,(H,19,25)/t13-/m1/s1. The Labute approximate surface area is 149 Å². The molecular weight excluding hydrogens is 336 g/mol. The van der Waals surface area contributed by atoms with Gasteiger partial charge in [-0.1, -0.05) is 6.07 Å². The summed E-state index contributed by atoms with van der Waals surface area (Å²) in [6.07, 6.45) is 3.18. The predicted octanol–water partition coefficient (Wildman–Crippen LogP) is -0.641. The average Bonchev–Trinajstić information content (AvgIpc) is 3.06. The molecule has 9 nitrogen and oxygen atoms in total. The van der Waals surface area contributed by atoms with Crippen molar-refractivity contribution in [3.05, 3.63) is 41.9 Å². The van der Waals surface area contributed by atoms with Crippen LogP contribution in [0, 0.1) is 6.92 Å². The van der Waals surface area contributed by atoms with Crippen LogP contribution in [0.5, 0.6) is 0 Å². The van der Waals surface area contributed by atoms with E-state index in [1.165, 1.54) is 6.20 Å². The number of carbonyl (C=O) groups is 3. The monoisotopic (exact) mass is 354 g/mol. The molecule has 2 fully saturated rings. The Bertz CT molecular complexity index is 878. The molecule has 2 aliphatic rings. The fourth-order valence-corrected chi connectivity index (χ4v) is 3.37. The fourth-order valence-electron chi connectivity index (χ4n) is 3.37. The van der Waals surface area contributed by atoms with Crippen molar-refractivity contribution < 1.29 is 14.4 Å². The first kappa shape index (κ1) is 16.2. The minimum absolute atomic E-state index is 0.0270. The number of piperazine rings is 2. The maximum absolute atomic E-state index is 12.9. The highest BCUT2D eigenvalue weighted by molar-refractivity contribution is 5.98. The Kier molecular flexibility index (Phi) is 3.90. The number of pyridine rings is 1. The molecule has 1 N–H and O–H groups in total. The summed E-state index contributed by atoms with van der Waals surface area (Å²) < 4.78 is 1.61. The largest absolute Gasteiger partial charge is 0.345 e. The van der Waals surface area contributed by atoms with Gasteiger partial charge in [0.05, 0.1) is 30.5 Å². The lowest BCUT2D eigenvalue weighted by atomic mass is 10.1. The first-order valence-electron chi connectivity index (χ1n) is 8.39. The Morgan fingerprint density at radius 1 is 1.27 bits per heavy atom. The molecule has 2 aromatic heterocycles. The third-order valence-electron chi connectivity index (χ3n) is 4.81. The Hall–Kier alpha value is -3.23. The molecule has 0 aliphatic carbocycles. The zero-order valence-corrected chi connectivity index (χ0v) is 14.3. The van der Waals surface area contributed by atoms with E-state index in [0.29, 0.717) is 30.2 Å². The van der Waals surface area contributed by atoms with Gasteiger partial charge in [0, 0.05) is 19.3 Å². The molecule has 2 saturated heterocycles. The summed E-state index contributed by atoms with van der Waals surface area (Å²) in [4.78, 5) is 44.3. The summed E-state index contributed by atoms with van der Waals surface area (Å²) in [7, 11) is 0. The van der Waals surface area contributed by atoms with Crippen molar-refractivity contribution in [2.75, 3.05) is 26.2 Å². The van der Waals surface area contributed by atoms with E-state index >= 15 is 0 Å². The molecule has 1 atom stereocenters. The molecule has 2 aliphatic heterocycles. The van der Waals surface area contributed by atoms with Crippen LogP contribution in [0.1, 0.15) is 16.1 Å². The molecule has 2 aromatic rings. The second-order valence-corrected chi connectivity index (χ2v) is 6.32. The lowest BCUT2D eigenvalue weighted by Crippen LogP contribution is -2.66. The lowest BCUT2D eigenvalue weighted by Gasteiger charge is -2.42. The van der Waals surface area contributed by atoms with Crippen LogP contribution in [0.3, 0.4) is 0 Å². The van der Waals surface area contributed by atoms with Crippen LogP contribution < -0.4 is 5.32 Å². The van der Waals surface area contributed by atoms with Crippen LogP contribution in [0.25, 0.3) is 5.82 Å². The van der Waals surface area contributed by atoms with Gasteiger partial charge in [-0.15, -0.1) is 0 Å². The van der Waals surface area contributed by atoms with E-state index < -0.39 is 6.04 Å². The molecular formula is C17H18N6O3. The van der Waals surface area contributed by atoms with E-state index in [1.807, 2.05) is 25.1 Å². The molecule has 0 radical (unpaired) electrons. The smallest absolute Gasteiger partial charge is 0.257 e. The minimum atomic E-state index is -0.625. The second kappa shape index (κ2) is 6.25. The number of carbonyl (C=O) groups excluding carboxylic acids is 3. The van der Waals surface area contributed by atoms with E-state index in [-0.39, 0.29) is 30.8 Å². The van der Waals surface area contributed by atoms with Crippen molar-refractivity contribution in [2.45, 2.75) is 13.0 Å². The van der Waals surface area contributed by atoms with Gasteiger partial charge >= 0.3 is 0 Å². The van der Waals surface area contributed by atoms with Gasteiger partial charge in [-0.05, 0) is 19.1 Å². The van der Waals surface area contributed by atoms with Crippen LogP contribution in [0.15, 0.2) is 30.6 Å². The summed E-state index contributed by atoms with van der Waals surface area (Å²) in [6.45, 7) is 2.77. The average molecular weight is 354 g/mol. The van der Waals surface area contributed by atoms with Crippen molar-refractivity contribution in [3.8, 4) is 5.82 Å². The number of nitrogens with zero attached hydrogens (tertiary/aromatic N) is 5. The number of amides is 3. The zero-order valence-electron chi connectivity index (χ0n) is 14.3. The zero-order chi connectivity index (χ0) is 18.3. The SMILES string of the molecule is Cc1c(C(=O)N2CCN3C(=O)CNC(=O)[C@H]3C2)cnn1-c1ccccn1. The Morgan fingerprint density at radius 3 is 2.88 bits per heavy atom. The van der Waals surface area contributed by atoms with E-state index in [2.05, 4.69) is 15.4 Å². The molecule has 4 heterocycles. The number of aromatic nitrogens is 3. The van der Waals surface area contributed by atoms with Crippen molar-refractivity contribution >= 4 is 17.7 Å². The number of nitrogens with one attached hydrogen (secondary N) is 1. The van der Waals surface area contributed by atoms with E-state index in [0.717, 1.165) is 0 Å². The summed E-state index contributed by atoms with van der Waals surface area (Å²) in [5.74, 6) is 0.102. The van der Waals surface area contributed by atoms with Gasteiger partial charge in [0.25, 0.3) is 5.91 Å². The third kappa shape index (κ3) is 2.61. The number of fused-ring (bicyclic) bond motifs is 1. The van der Waals surface area contributed by atoms with E-state index in [4.69, 9.17) is 0 Å². The first-order valence-corrected chi connectivity index (χ1v) is 8.39. The summed E-state index contributed by atoms with van der Waals surface area (Å²) in [5, 5.41) is 6.85. The molecule has 26 heavy (non-hydrogen) atoms. The maximum Gasteiger partial charge on any atom is 0.257 e. The minimum Gasteiger partial charge on any atom is -0.345 e. The molecule has 0 unspecified atom stereocenters. The van der Waals surface area contributed by atoms with Crippen LogP contribution in [-0.4, -0.2) is 74.5 Å². The van der Waals surface area contributed by atoms with Crippen LogP contribution in [-0.2, 0) is 9.59 Å². The molecule has 0 saturated carbocycles. The van der Waals surface area contributed by atoms with Gasteiger partial charge in [0.2, 0.25) is 11.8 Å². The van der Waals surface area contributed by atoms with Gasteiger partial charge in [-0.2, -0.15) is 5.10 Å². The molecule has 0 bridgehead atoms. The Morgan fingerprint density at radius 2 is 2.12 bits per heavy atom. The summed E-state index contributed by atoms with van der Waals surface area (Å²) in [5.41, 5.74) is 1.15. The predicted molar refractivity (Wildman–Crippen MR) is 90.5 cm³/mol. The van der Waals surface area contributed by atoms with E-state index in [9.17, 15) is 14.4 Å². The van der Waals surface area contributed by atoms with Gasteiger partial charge in [0.15, 0.2) is 5.82 Å². The van der Waals surface area contributed by atoms with Gasteiger partial charge < -0.3 is 15.1 Å². The highest BCUT2D eigenvalue weighted by Crippen LogP contribution is 2.19. The van der Waals surface area contributed by atoms with Gasteiger partial charge in [-0.25, -0.2) is 9.67 Å². The van der Waals surface area contributed by atoms with Gasteiger partial charge in [-0.3, -0.25) is 14.4 Å². The molecule has 0 aromatic carbocycles. The highest BCUT2D eigenvalue weighted by atomic mass is 16.2. The van der Waals surface area contributed by atoms with Gasteiger partial charge in [0.1, 0.15) is 6.04 Å². The van der Waals surface area contributed by atoms with Crippen molar-refractivity contribution in [2.24, 2.45) is 0 Å². The fraction of sp³-hybridized carbons (Fsp3) is 0.353. The maximum atomic E-state index is 12.9. The number of hydrogen-bond acceptors (Lipinski definition) is 5. The van der Waals surface area contributed by atoms with Crippen molar-refractivity contribution in [3.63, 3.8) is 0 Å². The molecule has 3 amide bonds. The number of hydrogen-bond donors (Lipinski definition) is 1. The summed E-state index contributed by atoms with van der Waals surface area (Å²) >= 11 is 0. The molecule has 4 rings (SSSR count). The second-order valence-electron chi connectivity index (χ2n) is 6.32. The van der Waals surface area contributed by atoms with Crippen LogP contribution >= 0.6 is 0 Å². The van der Waals surface area contributed by atoms with Crippen molar-refractivity contribution in [1.29, 1.82) is 0 Å². The normalized spacial score (nSPS) is 20.0. The highest BCUT2D eigenvalue weighted by Gasteiger charge is 2.40. The molecule has 9 heteroatoms. The van der Waals surface area contributed by atoms with Crippen LogP contribution in [0.2, 0.25) is 0 Å². The topological polar surface area (TPSA) is 100 Å². The third-order valence-corrected chi connectivity index (χ3v) is 4.81. The summed E-state index contributed by atoms with van der Waals surface area (Å²) in [6, 6.07) is 4.85. The lowest BCUT2D eigenvalue weighted by molar-refractivity contribution is -0.148.